The van der Waals surface area contributed by atoms with Gasteiger partial charge in [-0.15, -0.1) is 0 Å². The molecular weight excluding hydrogens is 335 g/mol. The fourth-order valence-electron chi connectivity index (χ4n) is 2.14. The first-order valence-corrected chi connectivity index (χ1v) is 7.65. The zero-order valence-electron chi connectivity index (χ0n) is 12.2. The van der Waals surface area contributed by atoms with Crippen molar-refractivity contribution in [2.75, 3.05) is 13.2 Å². The molecule has 0 aliphatic heterocycles. The van der Waals surface area contributed by atoms with Gasteiger partial charge in [0, 0.05) is 18.7 Å². The Balaban J connectivity index is 2.24. The molecule has 0 atom stereocenters. The number of nitriles is 1. The van der Waals surface area contributed by atoms with Gasteiger partial charge in [0.25, 0.3) is 5.91 Å². The topological polar surface area (TPSA) is 64.3 Å². The first-order chi connectivity index (χ1) is 11.0. The van der Waals surface area contributed by atoms with Crippen LogP contribution in [0.25, 0.3) is 0 Å². The lowest BCUT2D eigenvalue weighted by atomic mass is 10.1. The summed E-state index contributed by atoms with van der Waals surface area (Å²) in [7, 11) is 0. The van der Waals surface area contributed by atoms with Crippen molar-refractivity contribution in [3.05, 3.63) is 69.2 Å². The zero-order chi connectivity index (χ0) is 16.8. The third-order valence-corrected chi connectivity index (χ3v) is 3.99. The van der Waals surface area contributed by atoms with E-state index in [1.807, 2.05) is 6.07 Å². The molecule has 1 amide bonds. The number of halogens is 2. The molecule has 0 aromatic heterocycles. The molecule has 0 saturated carbocycles. The van der Waals surface area contributed by atoms with E-state index in [9.17, 15) is 9.90 Å². The number of carbonyl (C=O) groups excluding carboxylic acids is 1. The second-order valence-electron chi connectivity index (χ2n) is 4.89. The fourth-order valence-corrected chi connectivity index (χ4v) is 2.46. The van der Waals surface area contributed by atoms with Gasteiger partial charge < -0.3 is 10.0 Å². The summed E-state index contributed by atoms with van der Waals surface area (Å²) in [6.07, 6.45) is 0. The molecule has 1 N–H and O–H groups in total. The van der Waals surface area contributed by atoms with Crippen LogP contribution in [-0.4, -0.2) is 29.1 Å². The highest BCUT2D eigenvalue weighted by Gasteiger charge is 2.16. The number of carbonyl (C=O) groups is 1. The maximum atomic E-state index is 12.6. The summed E-state index contributed by atoms with van der Waals surface area (Å²) in [5, 5.41) is 19.0. The second-order valence-corrected chi connectivity index (χ2v) is 5.71. The summed E-state index contributed by atoms with van der Waals surface area (Å²) in [6.45, 7) is 0.300. The minimum absolute atomic E-state index is 0.162. The molecule has 0 spiro atoms. The zero-order valence-corrected chi connectivity index (χ0v) is 13.7. The van der Waals surface area contributed by atoms with Crippen LogP contribution in [0.2, 0.25) is 10.0 Å². The molecular formula is C17H14Cl2N2O2. The van der Waals surface area contributed by atoms with Crippen molar-refractivity contribution in [3.63, 3.8) is 0 Å². The molecule has 0 bridgehead atoms. The average molecular weight is 349 g/mol. The largest absolute Gasteiger partial charge is 0.395 e. The van der Waals surface area contributed by atoms with Crippen LogP contribution in [0.15, 0.2) is 42.5 Å². The van der Waals surface area contributed by atoms with Gasteiger partial charge in [0.05, 0.1) is 28.3 Å². The Bertz CT molecular complexity index is 756. The van der Waals surface area contributed by atoms with Crippen molar-refractivity contribution < 1.29 is 9.90 Å². The van der Waals surface area contributed by atoms with Gasteiger partial charge in [-0.3, -0.25) is 4.79 Å². The Morgan fingerprint density at radius 2 is 1.96 bits per heavy atom. The lowest BCUT2D eigenvalue weighted by Gasteiger charge is -2.22. The molecule has 0 unspecified atom stereocenters. The fraction of sp³-hybridized carbons (Fsp3) is 0.176. The van der Waals surface area contributed by atoms with Gasteiger partial charge in [0.1, 0.15) is 0 Å². The van der Waals surface area contributed by atoms with Gasteiger partial charge in [-0.05, 0) is 35.9 Å². The van der Waals surface area contributed by atoms with Gasteiger partial charge in [-0.2, -0.15) is 5.26 Å². The van der Waals surface area contributed by atoms with E-state index in [0.717, 1.165) is 5.56 Å². The molecule has 0 heterocycles. The van der Waals surface area contributed by atoms with Crippen LogP contribution in [0.1, 0.15) is 21.5 Å². The predicted octanol–water partition coefficient (Wildman–Crippen LogP) is 3.50. The van der Waals surface area contributed by atoms with Crippen LogP contribution in [0.4, 0.5) is 0 Å². The Morgan fingerprint density at radius 3 is 2.61 bits per heavy atom. The molecule has 0 aliphatic carbocycles. The quantitative estimate of drug-likeness (QED) is 0.899. The smallest absolute Gasteiger partial charge is 0.254 e. The van der Waals surface area contributed by atoms with Crippen molar-refractivity contribution in [2.24, 2.45) is 0 Å². The molecule has 2 rings (SSSR count). The van der Waals surface area contributed by atoms with Gasteiger partial charge in [-0.1, -0.05) is 35.3 Å². The van der Waals surface area contributed by atoms with Gasteiger partial charge in [-0.25, -0.2) is 0 Å². The van der Waals surface area contributed by atoms with E-state index in [-0.39, 0.29) is 25.6 Å². The molecule has 0 aliphatic rings. The van der Waals surface area contributed by atoms with Crippen LogP contribution in [0.3, 0.4) is 0 Å². The van der Waals surface area contributed by atoms with E-state index in [1.54, 1.807) is 36.4 Å². The van der Waals surface area contributed by atoms with E-state index in [2.05, 4.69) is 0 Å². The summed E-state index contributed by atoms with van der Waals surface area (Å²) in [5.74, 6) is -0.262. The normalized spacial score (nSPS) is 10.2. The lowest BCUT2D eigenvalue weighted by Crippen LogP contribution is -2.33. The molecule has 6 heteroatoms. The molecule has 23 heavy (non-hydrogen) atoms. The Morgan fingerprint density at radius 1 is 1.17 bits per heavy atom. The first kappa shape index (κ1) is 17.3. The van der Waals surface area contributed by atoms with Gasteiger partial charge in [0.2, 0.25) is 0 Å². The molecule has 118 valence electrons. The highest BCUT2D eigenvalue weighted by atomic mass is 35.5. The van der Waals surface area contributed by atoms with Crippen molar-refractivity contribution >= 4 is 29.1 Å². The van der Waals surface area contributed by atoms with Crippen LogP contribution in [0, 0.1) is 11.3 Å². The first-order valence-electron chi connectivity index (χ1n) is 6.89. The standard InChI is InChI=1S/C17H14Cl2N2O2/c18-15-5-4-13(9-16(15)19)11-21(6-7-22)17(23)14-3-1-2-12(8-14)10-20/h1-5,8-9,22H,6-7,11H2. The third-order valence-electron chi connectivity index (χ3n) is 3.25. The highest BCUT2D eigenvalue weighted by molar-refractivity contribution is 6.42. The van der Waals surface area contributed by atoms with Crippen LogP contribution in [-0.2, 0) is 6.54 Å². The minimum atomic E-state index is -0.262. The summed E-state index contributed by atoms with van der Waals surface area (Å²) < 4.78 is 0. The number of hydrogen-bond donors (Lipinski definition) is 1. The number of nitrogens with zero attached hydrogens (tertiary/aromatic N) is 2. The molecule has 2 aromatic carbocycles. The third kappa shape index (κ3) is 4.46. The summed E-state index contributed by atoms with van der Waals surface area (Å²) in [6, 6.07) is 13.6. The Hall–Kier alpha value is -2.06. The number of hydrogen-bond acceptors (Lipinski definition) is 3. The van der Waals surface area contributed by atoms with E-state index >= 15 is 0 Å². The summed E-state index contributed by atoms with van der Waals surface area (Å²) in [4.78, 5) is 14.1. The number of rotatable bonds is 5. The van der Waals surface area contributed by atoms with Gasteiger partial charge in [0.15, 0.2) is 0 Å². The highest BCUT2D eigenvalue weighted by Crippen LogP contribution is 2.23. The summed E-state index contributed by atoms with van der Waals surface area (Å²) in [5.41, 5.74) is 1.62. The average Bonchev–Trinajstić information content (AvgIpc) is 2.57. The lowest BCUT2D eigenvalue weighted by molar-refractivity contribution is 0.0708. The van der Waals surface area contributed by atoms with Crippen molar-refractivity contribution in [2.45, 2.75) is 6.54 Å². The summed E-state index contributed by atoms with van der Waals surface area (Å²) >= 11 is 11.9. The molecule has 0 fully saturated rings. The monoisotopic (exact) mass is 348 g/mol. The maximum Gasteiger partial charge on any atom is 0.254 e. The van der Waals surface area contributed by atoms with Crippen LogP contribution >= 0.6 is 23.2 Å². The second kappa shape index (κ2) is 7.98. The van der Waals surface area contributed by atoms with Crippen LogP contribution in [0.5, 0.6) is 0 Å². The number of amides is 1. The van der Waals surface area contributed by atoms with E-state index in [0.29, 0.717) is 21.2 Å². The maximum absolute atomic E-state index is 12.6. The van der Waals surface area contributed by atoms with Crippen LogP contribution < -0.4 is 0 Å². The number of aliphatic hydroxyl groups is 1. The molecule has 0 saturated heterocycles. The van der Waals surface area contributed by atoms with Crippen molar-refractivity contribution in [1.29, 1.82) is 5.26 Å². The van der Waals surface area contributed by atoms with E-state index in [1.165, 1.54) is 11.0 Å². The van der Waals surface area contributed by atoms with E-state index in [4.69, 9.17) is 28.5 Å². The Kier molecular flexibility index (Phi) is 6.00. The van der Waals surface area contributed by atoms with Crippen molar-refractivity contribution in [3.8, 4) is 6.07 Å². The van der Waals surface area contributed by atoms with E-state index < -0.39 is 0 Å². The number of aliphatic hydroxyl groups excluding tert-OH is 1. The predicted molar refractivity (Wildman–Crippen MR) is 89.4 cm³/mol. The molecule has 4 nitrogen and oxygen atoms in total. The van der Waals surface area contributed by atoms with Gasteiger partial charge >= 0.3 is 0 Å². The SMILES string of the molecule is N#Cc1cccc(C(=O)N(CCO)Cc2ccc(Cl)c(Cl)c2)c1. The molecule has 2 aromatic rings. The Labute approximate surface area is 144 Å². The molecule has 0 radical (unpaired) electrons. The number of benzene rings is 2. The van der Waals surface area contributed by atoms with Crippen molar-refractivity contribution in [1.82, 2.24) is 4.90 Å². The minimum Gasteiger partial charge on any atom is -0.395 e.